The first-order chi connectivity index (χ1) is 10.8. The average Bonchev–Trinajstić information content (AvgIpc) is 2.57. The Morgan fingerprint density at radius 2 is 1.57 bits per heavy atom. The fraction of sp³-hybridized carbons (Fsp3) is 1.00. The summed E-state index contributed by atoms with van der Waals surface area (Å²) in [7, 11) is 0. The molecule has 1 saturated heterocycles. The van der Waals surface area contributed by atoms with Crippen molar-refractivity contribution in [1.82, 2.24) is 0 Å². The first kappa shape index (κ1) is 20.6. The van der Waals surface area contributed by atoms with Crippen molar-refractivity contribution < 1.29 is 50.3 Å². The largest absolute Gasteiger partial charge is 0.394 e. The summed E-state index contributed by atoms with van der Waals surface area (Å²) >= 11 is 0. The maximum atomic E-state index is 9.99. The number of hydrogen-bond donors (Lipinski definition) is 8. The highest BCUT2D eigenvalue weighted by Gasteiger charge is 2.46. The summed E-state index contributed by atoms with van der Waals surface area (Å²) in [6.07, 6.45) is -13.7. The lowest BCUT2D eigenvalue weighted by Gasteiger charge is -2.42. The summed E-state index contributed by atoms with van der Waals surface area (Å²) in [4.78, 5) is 0. The predicted molar refractivity (Wildman–Crippen MR) is 74.0 cm³/mol. The summed E-state index contributed by atoms with van der Waals surface area (Å²) < 4.78 is 10.3. The zero-order valence-corrected chi connectivity index (χ0v) is 12.7. The van der Waals surface area contributed by atoms with E-state index in [1.807, 2.05) is 0 Å². The number of ether oxygens (including phenoxy) is 2. The van der Waals surface area contributed by atoms with Crippen LogP contribution in [0.2, 0.25) is 0 Å². The Kier molecular flexibility index (Phi) is 8.24. The molecule has 23 heavy (non-hydrogen) atoms. The van der Waals surface area contributed by atoms with Crippen LogP contribution < -0.4 is 0 Å². The fourth-order valence-electron chi connectivity index (χ4n) is 2.30. The molecule has 9 unspecified atom stereocenters. The van der Waals surface area contributed by atoms with Gasteiger partial charge in [0.1, 0.15) is 42.7 Å². The smallest absolute Gasteiger partial charge is 0.187 e. The van der Waals surface area contributed by atoms with E-state index in [1.165, 1.54) is 0 Å². The van der Waals surface area contributed by atoms with Crippen LogP contribution in [0.15, 0.2) is 0 Å². The summed E-state index contributed by atoms with van der Waals surface area (Å²) in [5, 5.41) is 76.8. The maximum Gasteiger partial charge on any atom is 0.187 e. The number of aliphatic hydroxyl groups is 8. The van der Waals surface area contributed by atoms with E-state index in [0.29, 0.717) is 0 Å². The minimum atomic E-state index is -1.73. The lowest BCUT2D eigenvalue weighted by molar-refractivity contribution is -0.327. The number of hydrogen-bond acceptors (Lipinski definition) is 10. The van der Waals surface area contributed by atoms with E-state index < -0.39 is 68.3 Å². The van der Waals surface area contributed by atoms with Crippen LogP contribution in [0, 0.1) is 0 Å². The van der Waals surface area contributed by atoms with Crippen LogP contribution in [-0.2, 0) is 9.47 Å². The summed E-state index contributed by atoms with van der Waals surface area (Å²) in [6.45, 7) is 0.109. The highest BCUT2D eigenvalue weighted by atomic mass is 16.7. The van der Waals surface area contributed by atoms with E-state index in [2.05, 4.69) is 0 Å². The summed E-state index contributed by atoms with van der Waals surface area (Å²) in [5.74, 6) is 0. The number of aliphatic hydroxyl groups excluding tert-OH is 8. The van der Waals surface area contributed by atoms with Crippen molar-refractivity contribution in [3.8, 4) is 0 Å². The molecular formula is C13H26O10. The third-order valence-electron chi connectivity index (χ3n) is 3.86. The Morgan fingerprint density at radius 1 is 0.957 bits per heavy atom. The minimum absolute atomic E-state index is 0.133. The van der Waals surface area contributed by atoms with Gasteiger partial charge in [-0.25, -0.2) is 0 Å². The van der Waals surface area contributed by atoms with Gasteiger partial charge in [0.2, 0.25) is 0 Å². The average molecular weight is 342 g/mol. The third-order valence-corrected chi connectivity index (χ3v) is 3.86. The topological polar surface area (TPSA) is 180 Å². The van der Waals surface area contributed by atoms with Gasteiger partial charge in [-0.2, -0.15) is 0 Å². The molecule has 0 amide bonds. The van der Waals surface area contributed by atoms with Gasteiger partial charge in [-0.1, -0.05) is 6.92 Å². The Bertz CT molecular complexity index is 341. The van der Waals surface area contributed by atoms with Crippen LogP contribution in [0.5, 0.6) is 0 Å². The molecule has 0 aliphatic carbocycles. The standard InChI is InChI=1S/C13H26O10/c1-2-5(16)8(18)12(6(17)3-14)23-13-11(21)10(20)9(19)7(4-15)22-13/h5-21H,2-4H2,1H3. The van der Waals surface area contributed by atoms with Crippen molar-refractivity contribution in [1.29, 1.82) is 0 Å². The van der Waals surface area contributed by atoms with Gasteiger partial charge in [0, 0.05) is 0 Å². The Labute approximate surface area is 133 Å². The molecule has 0 saturated carbocycles. The zero-order valence-electron chi connectivity index (χ0n) is 12.7. The van der Waals surface area contributed by atoms with Crippen molar-refractivity contribution in [3.63, 3.8) is 0 Å². The second-order valence-corrected chi connectivity index (χ2v) is 5.51. The molecule has 0 bridgehead atoms. The van der Waals surface area contributed by atoms with Gasteiger partial charge in [-0.15, -0.1) is 0 Å². The van der Waals surface area contributed by atoms with E-state index in [9.17, 15) is 30.6 Å². The summed E-state index contributed by atoms with van der Waals surface area (Å²) in [5.41, 5.74) is 0. The third kappa shape index (κ3) is 4.79. The van der Waals surface area contributed by atoms with Crippen molar-refractivity contribution in [3.05, 3.63) is 0 Å². The van der Waals surface area contributed by atoms with Crippen LogP contribution in [0.3, 0.4) is 0 Å². The van der Waals surface area contributed by atoms with Crippen molar-refractivity contribution in [2.75, 3.05) is 13.2 Å². The molecule has 138 valence electrons. The second kappa shape index (κ2) is 9.18. The van der Waals surface area contributed by atoms with Gasteiger partial charge in [0.05, 0.1) is 19.3 Å². The normalized spacial score (nSPS) is 37.2. The van der Waals surface area contributed by atoms with Gasteiger partial charge in [-0.3, -0.25) is 0 Å². The van der Waals surface area contributed by atoms with Gasteiger partial charge < -0.3 is 50.3 Å². The van der Waals surface area contributed by atoms with Crippen molar-refractivity contribution >= 4 is 0 Å². The highest BCUT2D eigenvalue weighted by molar-refractivity contribution is 4.91. The Balaban J connectivity index is 2.89. The van der Waals surface area contributed by atoms with Crippen LogP contribution in [0.1, 0.15) is 13.3 Å². The SMILES string of the molecule is CCC(O)C(O)C(OC1OC(CO)C(O)C(O)C1O)C(O)CO. The molecule has 0 spiro atoms. The fourth-order valence-corrected chi connectivity index (χ4v) is 2.30. The predicted octanol–water partition coefficient (Wildman–Crippen LogP) is -4.34. The molecule has 1 aliphatic rings. The van der Waals surface area contributed by atoms with Gasteiger partial charge >= 0.3 is 0 Å². The van der Waals surface area contributed by atoms with Crippen molar-refractivity contribution in [2.24, 2.45) is 0 Å². The molecule has 1 rings (SSSR count). The maximum absolute atomic E-state index is 9.99. The van der Waals surface area contributed by atoms with Crippen LogP contribution in [0.4, 0.5) is 0 Å². The molecular weight excluding hydrogens is 316 g/mol. The molecule has 0 aromatic rings. The van der Waals surface area contributed by atoms with Gasteiger partial charge in [-0.05, 0) is 6.42 Å². The molecule has 0 aromatic carbocycles. The molecule has 8 N–H and O–H groups in total. The van der Waals surface area contributed by atoms with Crippen LogP contribution in [0.25, 0.3) is 0 Å². The molecule has 9 atom stereocenters. The van der Waals surface area contributed by atoms with E-state index in [-0.39, 0.29) is 6.42 Å². The first-order valence-corrected chi connectivity index (χ1v) is 7.39. The molecule has 10 heteroatoms. The van der Waals surface area contributed by atoms with Crippen LogP contribution in [-0.4, -0.2) is 109 Å². The molecule has 1 aliphatic heterocycles. The van der Waals surface area contributed by atoms with Gasteiger partial charge in [0.25, 0.3) is 0 Å². The first-order valence-electron chi connectivity index (χ1n) is 7.39. The van der Waals surface area contributed by atoms with E-state index >= 15 is 0 Å². The zero-order chi connectivity index (χ0) is 17.7. The summed E-state index contributed by atoms with van der Waals surface area (Å²) in [6, 6.07) is 0. The van der Waals surface area contributed by atoms with Crippen LogP contribution >= 0.6 is 0 Å². The lowest BCUT2D eigenvalue weighted by atomic mass is 9.98. The molecule has 0 radical (unpaired) electrons. The lowest BCUT2D eigenvalue weighted by Crippen LogP contribution is -2.61. The van der Waals surface area contributed by atoms with E-state index in [4.69, 9.17) is 19.7 Å². The van der Waals surface area contributed by atoms with E-state index in [1.54, 1.807) is 6.92 Å². The van der Waals surface area contributed by atoms with Crippen molar-refractivity contribution in [2.45, 2.75) is 68.5 Å². The Morgan fingerprint density at radius 3 is 2.04 bits per heavy atom. The molecule has 1 heterocycles. The molecule has 10 nitrogen and oxygen atoms in total. The minimum Gasteiger partial charge on any atom is -0.394 e. The molecule has 0 aromatic heterocycles. The van der Waals surface area contributed by atoms with E-state index in [0.717, 1.165) is 0 Å². The van der Waals surface area contributed by atoms with Gasteiger partial charge in [0.15, 0.2) is 6.29 Å². The monoisotopic (exact) mass is 342 g/mol. The quantitative estimate of drug-likeness (QED) is 0.215. The highest BCUT2D eigenvalue weighted by Crippen LogP contribution is 2.25. The molecule has 1 fully saturated rings. The Hall–Kier alpha value is -0.400. The second-order valence-electron chi connectivity index (χ2n) is 5.51. The number of rotatable bonds is 8.